The number of benzene rings is 1. The van der Waals surface area contributed by atoms with Crippen molar-refractivity contribution >= 4 is 38.4 Å². The van der Waals surface area contributed by atoms with E-state index in [-0.39, 0.29) is 23.8 Å². The Balaban J connectivity index is 0.00000441. The molecule has 1 unspecified atom stereocenters. The summed E-state index contributed by atoms with van der Waals surface area (Å²) in [6.45, 7) is 6.12. The van der Waals surface area contributed by atoms with Crippen LogP contribution in [0, 0.1) is 5.92 Å². The van der Waals surface area contributed by atoms with Gasteiger partial charge in [0, 0.05) is 18.2 Å². The molecule has 1 rings (SSSR count). The minimum Gasteiger partial charge on any atom is -0.496 e. The van der Waals surface area contributed by atoms with E-state index in [2.05, 4.69) is 20.7 Å². The van der Waals surface area contributed by atoms with Crippen LogP contribution < -0.4 is 15.2 Å². The fourth-order valence-corrected chi connectivity index (χ4v) is 4.11. The number of nitrogens with two attached hydrogens (primary N) is 1. The minimum absolute atomic E-state index is 0. The Labute approximate surface area is 147 Å². The highest BCUT2D eigenvalue weighted by atomic mass is 79.9. The first kappa shape index (κ1) is 21.7. The van der Waals surface area contributed by atoms with E-state index in [9.17, 15) is 8.42 Å². The van der Waals surface area contributed by atoms with Crippen LogP contribution in [0.5, 0.6) is 5.75 Å². The van der Waals surface area contributed by atoms with E-state index in [0.717, 1.165) is 0 Å². The van der Waals surface area contributed by atoms with Crippen molar-refractivity contribution in [1.82, 2.24) is 4.72 Å². The molecule has 0 fully saturated rings. The van der Waals surface area contributed by atoms with Crippen LogP contribution in [0.25, 0.3) is 0 Å². The average molecular weight is 416 g/mol. The van der Waals surface area contributed by atoms with Gasteiger partial charge in [-0.05, 0) is 47.3 Å². The molecule has 0 saturated heterocycles. The van der Waals surface area contributed by atoms with Crippen LogP contribution in [-0.2, 0) is 10.0 Å². The van der Waals surface area contributed by atoms with Gasteiger partial charge in [-0.1, -0.05) is 13.8 Å². The monoisotopic (exact) mass is 414 g/mol. The van der Waals surface area contributed by atoms with Crippen LogP contribution in [0.2, 0.25) is 0 Å². The molecule has 128 valence electrons. The van der Waals surface area contributed by atoms with Crippen molar-refractivity contribution in [3.05, 3.63) is 22.7 Å². The van der Waals surface area contributed by atoms with Crippen LogP contribution in [0.4, 0.5) is 0 Å². The number of hydrogen-bond donors (Lipinski definition) is 2. The number of ether oxygens (including phenoxy) is 1. The van der Waals surface area contributed by atoms with Crippen LogP contribution in [0.15, 0.2) is 27.6 Å². The Morgan fingerprint density at radius 1 is 1.41 bits per heavy atom. The van der Waals surface area contributed by atoms with Crippen LogP contribution in [0.3, 0.4) is 0 Å². The average Bonchev–Trinajstić information content (AvgIpc) is 2.37. The molecule has 0 aliphatic rings. The van der Waals surface area contributed by atoms with Crippen molar-refractivity contribution in [3.8, 4) is 5.75 Å². The van der Waals surface area contributed by atoms with E-state index in [1.54, 1.807) is 6.07 Å². The normalized spacial score (nSPS) is 14.3. The predicted octanol–water partition coefficient (Wildman–Crippen LogP) is 2.92. The van der Waals surface area contributed by atoms with E-state index >= 15 is 0 Å². The summed E-state index contributed by atoms with van der Waals surface area (Å²) in [5.74, 6) is 0.803. The highest BCUT2D eigenvalue weighted by Gasteiger charge is 2.30. The third-order valence-electron chi connectivity index (χ3n) is 3.12. The zero-order valence-electron chi connectivity index (χ0n) is 13.2. The zero-order chi connectivity index (χ0) is 16.3. The summed E-state index contributed by atoms with van der Waals surface area (Å²) in [5.41, 5.74) is 5.09. The van der Waals surface area contributed by atoms with Gasteiger partial charge in [0.2, 0.25) is 10.0 Å². The van der Waals surface area contributed by atoms with Gasteiger partial charge in [-0.25, -0.2) is 13.1 Å². The SMILES string of the molecule is COc1cc(S(=O)(=O)NC(C)(CN)CC(C)C)ccc1Br.Cl. The van der Waals surface area contributed by atoms with Gasteiger partial charge >= 0.3 is 0 Å². The highest BCUT2D eigenvalue weighted by Crippen LogP contribution is 2.28. The van der Waals surface area contributed by atoms with Gasteiger partial charge in [0.1, 0.15) is 5.75 Å². The smallest absolute Gasteiger partial charge is 0.241 e. The summed E-state index contributed by atoms with van der Waals surface area (Å²) in [7, 11) is -2.16. The topological polar surface area (TPSA) is 81.4 Å². The second-order valence-electron chi connectivity index (χ2n) is 5.76. The second-order valence-corrected chi connectivity index (χ2v) is 8.30. The Hall–Kier alpha value is -0.340. The maximum atomic E-state index is 12.5. The number of nitrogens with one attached hydrogen (secondary N) is 1. The lowest BCUT2D eigenvalue weighted by atomic mass is 9.92. The summed E-state index contributed by atoms with van der Waals surface area (Å²) in [5, 5.41) is 0. The summed E-state index contributed by atoms with van der Waals surface area (Å²) in [4.78, 5) is 0.158. The van der Waals surface area contributed by atoms with Crippen molar-refractivity contribution in [1.29, 1.82) is 0 Å². The molecule has 1 atom stereocenters. The summed E-state index contributed by atoms with van der Waals surface area (Å²) in [6.07, 6.45) is 0.663. The Bertz CT molecular complexity index is 596. The van der Waals surface area contributed by atoms with Crippen molar-refractivity contribution in [2.45, 2.75) is 37.6 Å². The molecule has 8 heteroatoms. The van der Waals surface area contributed by atoms with Gasteiger partial charge in [-0.3, -0.25) is 0 Å². The molecule has 0 aliphatic carbocycles. The van der Waals surface area contributed by atoms with Gasteiger partial charge in [0.15, 0.2) is 0 Å². The first-order chi connectivity index (χ1) is 9.63. The number of sulfonamides is 1. The molecule has 0 heterocycles. The quantitative estimate of drug-likeness (QED) is 0.717. The first-order valence-corrected chi connectivity index (χ1v) is 8.99. The lowest BCUT2D eigenvalue weighted by Crippen LogP contribution is -2.51. The Morgan fingerprint density at radius 3 is 2.45 bits per heavy atom. The summed E-state index contributed by atoms with van der Waals surface area (Å²) >= 11 is 3.30. The molecule has 3 N–H and O–H groups in total. The van der Waals surface area contributed by atoms with Crippen molar-refractivity contribution < 1.29 is 13.2 Å². The van der Waals surface area contributed by atoms with E-state index in [4.69, 9.17) is 10.5 Å². The summed E-state index contributed by atoms with van der Waals surface area (Å²) < 4.78 is 33.6. The largest absolute Gasteiger partial charge is 0.496 e. The second kappa shape index (κ2) is 8.49. The van der Waals surface area contributed by atoms with Crippen molar-refractivity contribution in [2.24, 2.45) is 11.7 Å². The molecule has 0 amide bonds. The molecule has 0 aliphatic heterocycles. The third kappa shape index (κ3) is 5.70. The van der Waals surface area contributed by atoms with Crippen molar-refractivity contribution in [2.75, 3.05) is 13.7 Å². The molecule has 0 aromatic heterocycles. The fraction of sp³-hybridized carbons (Fsp3) is 0.571. The van der Waals surface area contributed by atoms with E-state index in [1.807, 2.05) is 20.8 Å². The van der Waals surface area contributed by atoms with Gasteiger partial charge in [0.25, 0.3) is 0 Å². The van der Waals surface area contributed by atoms with Crippen LogP contribution >= 0.6 is 28.3 Å². The minimum atomic E-state index is -3.66. The molecule has 22 heavy (non-hydrogen) atoms. The number of hydrogen-bond acceptors (Lipinski definition) is 4. The zero-order valence-corrected chi connectivity index (χ0v) is 16.4. The molecule has 1 aromatic rings. The molecule has 5 nitrogen and oxygen atoms in total. The molecular weight excluding hydrogens is 392 g/mol. The molecular formula is C14H24BrClN2O3S. The van der Waals surface area contributed by atoms with E-state index in [1.165, 1.54) is 19.2 Å². The van der Waals surface area contributed by atoms with E-state index in [0.29, 0.717) is 22.6 Å². The van der Waals surface area contributed by atoms with E-state index < -0.39 is 15.6 Å². The van der Waals surface area contributed by atoms with Crippen molar-refractivity contribution in [3.63, 3.8) is 0 Å². The van der Waals surface area contributed by atoms with Gasteiger partial charge in [0.05, 0.1) is 16.5 Å². The Morgan fingerprint density at radius 2 is 2.00 bits per heavy atom. The predicted molar refractivity (Wildman–Crippen MR) is 95.2 cm³/mol. The molecule has 0 bridgehead atoms. The molecule has 0 radical (unpaired) electrons. The molecule has 1 aromatic carbocycles. The molecule has 0 spiro atoms. The van der Waals surface area contributed by atoms with Gasteiger partial charge in [-0.15, -0.1) is 12.4 Å². The van der Waals surface area contributed by atoms with Crippen LogP contribution in [-0.4, -0.2) is 27.6 Å². The van der Waals surface area contributed by atoms with Gasteiger partial charge < -0.3 is 10.5 Å². The van der Waals surface area contributed by atoms with Gasteiger partial charge in [-0.2, -0.15) is 0 Å². The highest BCUT2D eigenvalue weighted by molar-refractivity contribution is 9.10. The summed E-state index contributed by atoms with van der Waals surface area (Å²) in [6, 6.07) is 4.66. The maximum Gasteiger partial charge on any atom is 0.241 e. The number of rotatable bonds is 7. The standard InChI is InChI=1S/C14H23BrN2O3S.ClH/c1-10(2)8-14(3,9-16)17-21(18,19)11-5-6-12(15)13(7-11)20-4;/h5-7,10,17H,8-9,16H2,1-4H3;1H. The Kier molecular flexibility index (Phi) is 8.36. The lowest BCUT2D eigenvalue weighted by Gasteiger charge is -2.30. The van der Waals surface area contributed by atoms with Crippen LogP contribution in [0.1, 0.15) is 27.2 Å². The fourth-order valence-electron chi connectivity index (χ4n) is 2.26. The number of halogens is 2. The first-order valence-electron chi connectivity index (χ1n) is 6.71. The number of methoxy groups -OCH3 is 1. The molecule has 0 saturated carbocycles. The maximum absolute atomic E-state index is 12.5. The lowest BCUT2D eigenvalue weighted by molar-refractivity contribution is 0.344. The third-order valence-corrected chi connectivity index (χ3v) is 5.41.